The van der Waals surface area contributed by atoms with Gasteiger partial charge in [0.25, 0.3) is 0 Å². The molecule has 1 aromatic heterocycles. The van der Waals surface area contributed by atoms with E-state index in [4.69, 9.17) is 9.72 Å². The molecule has 0 radical (unpaired) electrons. The van der Waals surface area contributed by atoms with Crippen LogP contribution in [0.4, 0.5) is 5.82 Å². The van der Waals surface area contributed by atoms with Crippen LogP contribution in [0, 0.1) is 5.92 Å². The van der Waals surface area contributed by atoms with Crippen LogP contribution in [0.25, 0.3) is 0 Å². The molecule has 92 valence electrons. The molecule has 2 aliphatic rings. The second-order valence-electron chi connectivity index (χ2n) is 5.72. The van der Waals surface area contributed by atoms with Crippen molar-refractivity contribution >= 4 is 5.82 Å². The summed E-state index contributed by atoms with van der Waals surface area (Å²) in [6.07, 6.45) is 2.28. The molecule has 0 unspecified atom stereocenters. The van der Waals surface area contributed by atoms with Gasteiger partial charge in [0, 0.05) is 12.1 Å². The summed E-state index contributed by atoms with van der Waals surface area (Å²) in [5.74, 6) is 1.78. The summed E-state index contributed by atoms with van der Waals surface area (Å²) in [6.45, 7) is 7.44. The van der Waals surface area contributed by atoms with E-state index in [2.05, 4.69) is 36.9 Å². The number of anilines is 1. The summed E-state index contributed by atoms with van der Waals surface area (Å²) in [4.78, 5) is 7.05. The fourth-order valence-electron chi connectivity index (χ4n) is 2.63. The predicted molar refractivity (Wildman–Crippen MR) is 68.3 cm³/mol. The lowest BCUT2D eigenvalue weighted by atomic mass is 9.86. The molecule has 3 nitrogen and oxygen atoms in total. The fraction of sp³-hybridized carbons (Fsp3) is 0.643. The molecule has 3 rings (SSSR count). The highest BCUT2D eigenvalue weighted by molar-refractivity contribution is 5.45. The van der Waals surface area contributed by atoms with E-state index < -0.39 is 0 Å². The van der Waals surface area contributed by atoms with Gasteiger partial charge >= 0.3 is 0 Å². The molecule has 0 aromatic carbocycles. The molecular weight excluding hydrogens is 212 g/mol. The molecule has 3 heterocycles. The first-order valence-corrected chi connectivity index (χ1v) is 6.52. The Balaban J connectivity index is 1.67. The molecule has 0 bridgehead atoms. The van der Waals surface area contributed by atoms with Crippen LogP contribution >= 0.6 is 0 Å². The minimum absolute atomic E-state index is 0.190. The number of aromatic nitrogens is 1. The van der Waals surface area contributed by atoms with E-state index in [0.717, 1.165) is 31.9 Å². The summed E-state index contributed by atoms with van der Waals surface area (Å²) in [7, 11) is 0. The first kappa shape index (κ1) is 11.0. The van der Waals surface area contributed by atoms with Crippen molar-refractivity contribution < 1.29 is 4.74 Å². The summed E-state index contributed by atoms with van der Waals surface area (Å²) in [6, 6.07) is 6.35. The number of ether oxygens (including phenoxy) is 1. The number of rotatable bonds is 3. The average molecular weight is 232 g/mol. The van der Waals surface area contributed by atoms with Crippen LogP contribution in [0.3, 0.4) is 0 Å². The maximum Gasteiger partial charge on any atom is 0.128 e. The Hall–Kier alpha value is -1.09. The third kappa shape index (κ3) is 2.04. The van der Waals surface area contributed by atoms with Gasteiger partial charge in [-0.05, 0) is 24.5 Å². The number of pyridine rings is 1. The van der Waals surface area contributed by atoms with Crippen molar-refractivity contribution in [3.05, 3.63) is 23.9 Å². The number of hydrogen-bond acceptors (Lipinski definition) is 3. The Morgan fingerprint density at radius 2 is 2.18 bits per heavy atom. The van der Waals surface area contributed by atoms with Crippen LogP contribution in [0.1, 0.15) is 26.0 Å². The first-order valence-electron chi connectivity index (χ1n) is 6.52. The van der Waals surface area contributed by atoms with Gasteiger partial charge in [-0.25, -0.2) is 4.98 Å². The predicted octanol–water partition coefficient (Wildman–Crippen LogP) is 2.26. The van der Waals surface area contributed by atoms with E-state index in [1.807, 2.05) is 0 Å². The summed E-state index contributed by atoms with van der Waals surface area (Å²) >= 11 is 0. The molecular formula is C14H20N2O. The first-order chi connectivity index (χ1) is 8.17. The van der Waals surface area contributed by atoms with Crippen LogP contribution in [-0.2, 0) is 11.2 Å². The molecule has 17 heavy (non-hydrogen) atoms. The summed E-state index contributed by atoms with van der Waals surface area (Å²) < 4.78 is 5.63. The van der Waals surface area contributed by atoms with Crippen LogP contribution in [0.15, 0.2) is 18.2 Å². The van der Waals surface area contributed by atoms with E-state index in [-0.39, 0.29) is 5.60 Å². The molecule has 2 aliphatic heterocycles. The van der Waals surface area contributed by atoms with Gasteiger partial charge in [0.15, 0.2) is 0 Å². The van der Waals surface area contributed by atoms with Gasteiger partial charge in [-0.15, -0.1) is 0 Å². The van der Waals surface area contributed by atoms with Gasteiger partial charge in [-0.1, -0.05) is 19.9 Å². The highest BCUT2D eigenvalue weighted by atomic mass is 16.5. The molecule has 3 heteroatoms. The molecule has 0 amide bonds. The third-order valence-corrected chi connectivity index (χ3v) is 3.66. The van der Waals surface area contributed by atoms with Crippen molar-refractivity contribution in [2.75, 3.05) is 24.6 Å². The van der Waals surface area contributed by atoms with Crippen LogP contribution in [0.2, 0.25) is 0 Å². The lowest BCUT2D eigenvalue weighted by Crippen LogP contribution is -2.68. The molecule has 0 N–H and O–H groups in total. The third-order valence-electron chi connectivity index (χ3n) is 3.66. The maximum absolute atomic E-state index is 5.63. The van der Waals surface area contributed by atoms with Gasteiger partial charge in [0.2, 0.25) is 0 Å². The van der Waals surface area contributed by atoms with E-state index in [1.165, 1.54) is 12.1 Å². The van der Waals surface area contributed by atoms with Crippen molar-refractivity contribution in [1.29, 1.82) is 0 Å². The largest absolute Gasteiger partial charge is 0.371 e. The lowest BCUT2D eigenvalue weighted by molar-refractivity contribution is -0.161. The van der Waals surface area contributed by atoms with E-state index in [0.29, 0.717) is 5.92 Å². The molecule has 0 saturated carbocycles. The van der Waals surface area contributed by atoms with Gasteiger partial charge in [0.1, 0.15) is 11.4 Å². The Labute approximate surface area is 103 Å². The minimum Gasteiger partial charge on any atom is -0.371 e. The van der Waals surface area contributed by atoms with Crippen molar-refractivity contribution in [3.63, 3.8) is 0 Å². The Morgan fingerprint density at radius 3 is 2.76 bits per heavy atom. The van der Waals surface area contributed by atoms with Crippen LogP contribution < -0.4 is 4.90 Å². The van der Waals surface area contributed by atoms with Crippen molar-refractivity contribution in [3.8, 4) is 0 Å². The van der Waals surface area contributed by atoms with Crippen molar-refractivity contribution in [2.24, 2.45) is 5.92 Å². The molecule has 1 aromatic rings. The van der Waals surface area contributed by atoms with E-state index >= 15 is 0 Å². The second-order valence-corrected chi connectivity index (χ2v) is 5.72. The zero-order valence-electron chi connectivity index (χ0n) is 10.6. The topological polar surface area (TPSA) is 25.4 Å². The number of hydrogen-bond donors (Lipinski definition) is 0. The van der Waals surface area contributed by atoms with Gasteiger partial charge in [-0.3, -0.25) is 0 Å². The van der Waals surface area contributed by atoms with Gasteiger partial charge < -0.3 is 9.64 Å². The minimum atomic E-state index is 0.190. The van der Waals surface area contributed by atoms with Crippen LogP contribution in [0.5, 0.6) is 0 Å². The van der Waals surface area contributed by atoms with E-state index in [1.54, 1.807) is 0 Å². The zero-order chi connectivity index (χ0) is 11.9. The van der Waals surface area contributed by atoms with Crippen LogP contribution in [-0.4, -0.2) is 30.3 Å². The fourth-order valence-corrected chi connectivity index (χ4v) is 2.63. The Bertz CT molecular complexity index is 404. The smallest absolute Gasteiger partial charge is 0.128 e. The Kier molecular flexibility index (Phi) is 2.58. The number of nitrogens with zero attached hydrogens (tertiary/aromatic N) is 2. The highest BCUT2D eigenvalue weighted by Crippen LogP contribution is 2.37. The van der Waals surface area contributed by atoms with Gasteiger partial charge in [0.05, 0.1) is 19.7 Å². The normalized spacial score (nSPS) is 21.5. The molecule has 2 saturated heterocycles. The average Bonchev–Trinajstić information content (AvgIpc) is 2.12. The zero-order valence-corrected chi connectivity index (χ0v) is 10.6. The van der Waals surface area contributed by atoms with Crippen molar-refractivity contribution in [2.45, 2.75) is 32.3 Å². The summed E-state index contributed by atoms with van der Waals surface area (Å²) in [5, 5.41) is 0. The molecule has 2 fully saturated rings. The molecule has 1 spiro atoms. The monoisotopic (exact) mass is 232 g/mol. The highest BCUT2D eigenvalue weighted by Gasteiger charge is 2.49. The standard InChI is InChI=1S/C14H20N2O/c1-11(2)8-12-4-3-5-13(15-12)16-9-14(10-16)6-7-17-14/h3-5,11H,6-10H2,1-2H3. The van der Waals surface area contributed by atoms with E-state index in [9.17, 15) is 0 Å². The molecule has 0 aliphatic carbocycles. The summed E-state index contributed by atoms with van der Waals surface area (Å²) in [5.41, 5.74) is 1.39. The SMILES string of the molecule is CC(C)Cc1cccc(N2CC3(CCO3)C2)n1. The Morgan fingerprint density at radius 1 is 1.41 bits per heavy atom. The quantitative estimate of drug-likeness (QED) is 0.799. The maximum atomic E-state index is 5.63. The van der Waals surface area contributed by atoms with Crippen molar-refractivity contribution in [1.82, 2.24) is 4.98 Å². The lowest BCUT2D eigenvalue weighted by Gasteiger charge is -2.55. The van der Waals surface area contributed by atoms with Gasteiger partial charge in [-0.2, -0.15) is 0 Å². The molecule has 0 atom stereocenters. The second kappa shape index (κ2) is 3.98.